The van der Waals surface area contributed by atoms with E-state index >= 15 is 0 Å². The van der Waals surface area contributed by atoms with Crippen LogP contribution in [0.2, 0.25) is 0 Å². The molecule has 0 aliphatic heterocycles. The first-order chi connectivity index (χ1) is 10.5. The molecule has 114 valence electrons. The summed E-state index contributed by atoms with van der Waals surface area (Å²) in [6.45, 7) is 1.95. The summed E-state index contributed by atoms with van der Waals surface area (Å²) in [5.41, 5.74) is 1.39. The molecule has 6 heteroatoms. The van der Waals surface area contributed by atoms with Gasteiger partial charge in [0, 0.05) is 11.0 Å². The van der Waals surface area contributed by atoms with Gasteiger partial charge < -0.3 is 0 Å². The van der Waals surface area contributed by atoms with Crippen molar-refractivity contribution in [3.8, 4) is 6.07 Å². The number of nitrogens with zero attached hydrogens (tertiary/aromatic N) is 2. The fourth-order valence-corrected chi connectivity index (χ4v) is 4.56. The first-order valence-corrected chi connectivity index (χ1v) is 8.91. The molecule has 0 fully saturated rings. The molecule has 0 radical (unpaired) electrons. The van der Waals surface area contributed by atoms with Gasteiger partial charge in [0.25, 0.3) is 10.0 Å². The van der Waals surface area contributed by atoms with Gasteiger partial charge in [0.05, 0.1) is 18.2 Å². The van der Waals surface area contributed by atoms with Crippen molar-refractivity contribution in [2.45, 2.75) is 18.2 Å². The third-order valence-electron chi connectivity index (χ3n) is 3.20. The molecule has 2 aromatic carbocycles. The van der Waals surface area contributed by atoms with Crippen molar-refractivity contribution in [2.24, 2.45) is 0 Å². The lowest BCUT2D eigenvalue weighted by Gasteiger charge is -2.24. The molecule has 0 aromatic heterocycles. The molecule has 0 amide bonds. The first-order valence-electron chi connectivity index (χ1n) is 6.68. The Kier molecular flexibility index (Phi) is 5.22. The number of para-hydroxylation sites is 1. The lowest BCUT2D eigenvalue weighted by molar-refractivity contribution is 0.590. The summed E-state index contributed by atoms with van der Waals surface area (Å²) >= 11 is 3.35. The van der Waals surface area contributed by atoms with E-state index in [0.717, 1.165) is 5.56 Å². The van der Waals surface area contributed by atoms with Crippen molar-refractivity contribution in [1.82, 2.24) is 0 Å². The van der Waals surface area contributed by atoms with Gasteiger partial charge in [0.15, 0.2) is 0 Å². The minimum atomic E-state index is -3.74. The summed E-state index contributed by atoms with van der Waals surface area (Å²) in [6, 6.07) is 15.9. The second kappa shape index (κ2) is 6.95. The highest BCUT2D eigenvalue weighted by Gasteiger charge is 2.27. The predicted octanol–water partition coefficient (Wildman–Crippen LogP) is 3.87. The second-order valence-electron chi connectivity index (χ2n) is 4.71. The average molecular weight is 379 g/mol. The highest BCUT2D eigenvalue weighted by molar-refractivity contribution is 9.10. The summed E-state index contributed by atoms with van der Waals surface area (Å²) in [4.78, 5) is 0.203. The number of sulfonamides is 1. The number of aryl methyl sites for hydroxylation is 1. The molecule has 0 aliphatic rings. The van der Waals surface area contributed by atoms with Crippen LogP contribution < -0.4 is 4.31 Å². The molecule has 0 bridgehead atoms. The molecule has 0 spiro atoms. The largest absolute Gasteiger partial charge is 0.265 e. The van der Waals surface area contributed by atoms with E-state index < -0.39 is 10.0 Å². The zero-order valence-corrected chi connectivity index (χ0v) is 14.4. The van der Waals surface area contributed by atoms with Gasteiger partial charge in [-0.2, -0.15) is 5.26 Å². The number of benzene rings is 2. The maximum Gasteiger partial charge on any atom is 0.265 e. The van der Waals surface area contributed by atoms with Crippen LogP contribution in [0.3, 0.4) is 0 Å². The Morgan fingerprint density at radius 1 is 1.14 bits per heavy atom. The van der Waals surface area contributed by atoms with Gasteiger partial charge in [-0.1, -0.05) is 30.3 Å². The van der Waals surface area contributed by atoms with Gasteiger partial charge in [-0.05, 0) is 46.6 Å². The average Bonchev–Trinajstić information content (AvgIpc) is 2.51. The summed E-state index contributed by atoms with van der Waals surface area (Å²) in [5.74, 6) is 0. The van der Waals surface area contributed by atoms with Crippen LogP contribution in [0.25, 0.3) is 0 Å². The van der Waals surface area contributed by atoms with Gasteiger partial charge in [0.1, 0.15) is 4.90 Å². The minimum Gasteiger partial charge on any atom is -0.265 e. The van der Waals surface area contributed by atoms with Crippen LogP contribution in [0, 0.1) is 18.3 Å². The van der Waals surface area contributed by atoms with Crippen LogP contribution in [0.15, 0.2) is 57.9 Å². The SMILES string of the molecule is Cc1cccc(S(=O)(=O)N(CCC#N)c2ccccc2)c1Br. The fourth-order valence-electron chi connectivity index (χ4n) is 2.07. The van der Waals surface area contributed by atoms with Crippen molar-refractivity contribution in [1.29, 1.82) is 5.26 Å². The fraction of sp³-hybridized carbons (Fsp3) is 0.188. The summed E-state index contributed by atoms with van der Waals surface area (Å²) in [6.07, 6.45) is 0.123. The van der Waals surface area contributed by atoms with E-state index in [4.69, 9.17) is 5.26 Å². The molecule has 0 saturated carbocycles. The Hall–Kier alpha value is -1.84. The van der Waals surface area contributed by atoms with Crippen molar-refractivity contribution < 1.29 is 8.42 Å². The zero-order valence-electron chi connectivity index (χ0n) is 12.0. The van der Waals surface area contributed by atoms with Gasteiger partial charge in [-0.15, -0.1) is 0 Å². The number of hydrogen-bond donors (Lipinski definition) is 0. The van der Waals surface area contributed by atoms with E-state index in [1.807, 2.05) is 25.1 Å². The quantitative estimate of drug-likeness (QED) is 0.793. The van der Waals surface area contributed by atoms with Gasteiger partial charge in [-0.25, -0.2) is 8.42 Å². The third kappa shape index (κ3) is 3.32. The number of nitriles is 1. The molecule has 22 heavy (non-hydrogen) atoms. The maximum atomic E-state index is 13.0. The minimum absolute atomic E-state index is 0.114. The standard InChI is InChI=1S/C16H15BrN2O2S/c1-13-7-5-10-15(16(13)17)22(20,21)19(12-6-11-18)14-8-3-2-4-9-14/h2-5,7-10H,6,12H2,1H3. The lowest BCUT2D eigenvalue weighted by atomic mass is 10.2. The normalized spacial score (nSPS) is 11.0. The first kappa shape index (κ1) is 16.5. The van der Waals surface area contributed by atoms with Gasteiger partial charge >= 0.3 is 0 Å². The molecule has 0 saturated heterocycles. The molecule has 2 aromatic rings. The smallest absolute Gasteiger partial charge is 0.265 e. The predicted molar refractivity (Wildman–Crippen MR) is 90.1 cm³/mol. The molecule has 0 N–H and O–H groups in total. The van der Waals surface area contributed by atoms with Gasteiger partial charge in [-0.3, -0.25) is 4.31 Å². The lowest BCUT2D eigenvalue weighted by Crippen LogP contribution is -2.32. The molecular formula is C16H15BrN2O2S. The van der Waals surface area contributed by atoms with Gasteiger partial charge in [0.2, 0.25) is 0 Å². The Morgan fingerprint density at radius 3 is 2.45 bits per heavy atom. The van der Waals surface area contributed by atoms with E-state index in [9.17, 15) is 8.42 Å². The summed E-state index contributed by atoms with van der Waals surface area (Å²) in [7, 11) is -3.74. The second-order valence-corrected chi connectivity index (χ2v) is 7.33. The topological polar surface area (TPSA) is 61.2 Å². The molecule has 0 aliphatic carbocycles. The van der Waals surface area contributed by atoms with Crippen molar-refractivity contribution in [3.63, 3.8) is 0 Å². The molecule has 4 nitrogen and oxygen atoms in total. The monoisotopic (exact) mass is 378 g/mol. The summed E-state index contributed by atoms with van der Waals surface area (Å²) in [5, 5.41) is 8.82. The summed E-state index contributed by atoms with van der Waals surface area (Å²) < 4.78 is 27.8. The van der Waals surface area contributed by atoms with Crippen LogP contribution >= 0.6 is 15.9 Å². The molecule has 2 rings (SSSR count). The highest BCUT2D eigenvalue weighted by atomic mass is 79.9. The molecule has 0 unspecified atom stereocenters. The Balaban J connectivity index is 2.55. The molecular weight excluding hydrogens is 364 g/mol. The number of halogens is 1. The van der Waals surface area contributed by atoms with E-state index in [1.54, 1.807) is 36.4 Å². The number of anilines is 1. The van der Waals surface area contributed by atoms with Crippen LogP contribution in [-0.2, 0) is 10.0 Å². The van der Waals surface area contributed by atoms with E-state index in [1.165, 1.54) is 4.31 Å². The number of hydrogen-bond acceptors (Lipinski definition) is 3. The van der Waals surface area contributed by atoms with Crippen LogP contribution in [0.5, 0.6) is 0 Å². The Morgan fingerprint density at radius 2 is 1.82 bits per heavy atom. The van der Waals surface area contributed by atoms with Crippen LogP contribution in [0.4, 0.5) is 5.69 Å². The van der Waals surface area contributed by atoms with E-state index in [2.05, 4.69) is 15.9 Å². The Bertz CT molecular complexity index is 799. The molecule has 0 atom stereocenters. The number of rotatable bonds is 5. The molecule has 0 heterocycles. The van der Waals surface area contributed by atoms with Crippen LogP contribution in [0.1, 0.15) is 12.0 Å². The highest BCUT2D eigenvalue weighted by Crippen LogP contribution is 2.30. The maximum absolute atomic E-state index is 13.0. The van der Waals surface area contributed by atoms with E-state index in [0.29, 0.717) is 10.2 Å². The van der Waals surface area contributed by atoms with Crippen molar-refractivity contribution in [2.75, 3.05) is 10.8 Å². The third-order valence-corrected chi connectivity index (χ3v) is 6.38. The zero-order chi connectivity index (χ0) is 16.2. The van der Waals surface area contributed by atoms with Crippen LogP contribution in [-0.4, -0.2) is 15.0 Å². The van der Waals surface area contributed by atoms with Crippen molar-refractivity contribution >= 4 is 31.6 Å². The van der Waals surface area contributed by atoms with E-state index in [-0.39, 0.29) is 17.9 Å². The Labute approximate surface area is 139 Å². The van der Waals surface area contributed by atoms with Crippen molar-refractivity contribution in [3.05, 3.63) is 58.6 Å².